The van der Waals surface area contributed by atoms with E-state index >= 15 is 0 Å². The Bertz CT molecular complexity index is 1330. The van der Waals surface area contributed by atoms with Crippen molar-refractivity contribution in [2.45, 2.75) is 62.7 Å². The number of nitrogens with zero attached hydrogens (tertiary/aromatic N) is 2. The van der Waals surface area contributed by atoms with E-state index < -0.39 is 45.8 Å². The summed E-state index contributed by atoms with van der Waals surface area (Å²) in [6.45, 7) is 5.53. The lowest BCUT2D eigenvalue weighted by molar-refractivity contribution is -0.134. The zero-order valence-electron chi connectivity index (χ0n) is 22.1. The van der Waals surface area contributed by atoms with Crippen LogP contribution in [0.4, 0.5) is 14.9 Å². The van der Waals surface area contributed by atoms with Gasteiger partial charge in [0.2, 0.25) is 15.9 Å². The van der Waals surface area contributed by atoms with Crippen molar-refractivity contribution < 1.29 is 31.9 Å². The summed E-state index contributed by atoms with van der Waals surface area (Å²) in [5.41, 5.74) is -0.629. The summed E-state index contributed by atoms with van der Waals surface area (Å²) in [6.07, 6.45) is 1.24. The highest BCUT2D eigenvalue weighted by Gasteiger charge is 2.52. The standard InChI is InChI=1S/C27H33FN4O6S/c1-4-5-14-27(20-6-8-21(28)9-7-20)25(34)32(26(35)30-27)17-24(33)29-22-10-12-23(13-11-22)39(36,37)31-15-18(2)38-19(3)16-31/h6-13,18-19H,4-5,14-17H2,1-3H3,(H,29,33)(H,30,35)/t18-,19-,27+/m1/s1. The van der Waals surface area contributed by atoms with Crippen LogP contribution in [-0.2, 0) is 29.9 Å². The van der Waals surface area contributed by atoms with Gasteiger partial charge in [0.15, 0.2) is 0 Å². The summed E-state index contributed by atoms with van der Waals surface area (Å²) in [7, 11) is -3.74. The molecule has 0 radical (unpaired) electrons. The van der Waals surface area contributed by atoms with E-state index in [1.807, 2.05) is 20.8 Å². The molecule has 2 aromatic rings. The molecule has 0 aliphatic carbocycles. The second-order valence-corrected chi connectivity index (χ2v) is 11.9. The van der Waals surface area contributed by atoms with Crippen molar-refractivity contribution in [3.63, 3.8) is 0 Å². The van der Waals surface area contributed by atoms with Crippen LogP contribution in [0, 0.1) is 5.82 Å². The van der Waals surface area contributed by atoms with Crippen molar-refractivity contribution in [3.8, 4) is 0 Å². The molecular formula is C27H33FN4O6S. The van der Waals surface area contributed by atoms with E-state index in [0.29, 0.717) is 24.1 Å². The lowest BCUT2D eigenvalue weighted by Crippen LogP contribution is -2.48. The molecule has 0 aromatic heterocycles. The van der Waals surface area contributed by atoms with Crippen molar-refractivity contribution in [1.29, 1.82) is 0 Å². The van der Waals surface area contributed by atoms with E-state index in [1.54, 1.807) is 0 Å². The number of anilines is 1. The fourth-order valence-electron chi connectivity index (χ4n) is 4.99. The van der Waals surface area contributed by atoms with Crippen LogP contribution < -0.4 is 10.6 Å². The largest absolute Gasteiger partial charge is 0.373 e. The van der Waals surface area contributed by atoms with Gasteiger partial charge in [-0.05, 0) is 62.2 Å². The monoisotopic (exact) mass is 560 g/mol. The third-order valence-corrected chi connectivity index (χ3v) is 8.73. The Morgan fingerprint density at radius 3 is 2.28 bits per heavy atom. The number of halogens is 1. The molecule has 4 amide bonds. The van der Waals surface area contributed by atoms with E-state index in [4.69, 9.17) is 4.74 Å². The summed E-state index contributed by atoms with van der Waals surface area (Å²) in [6, 6.07) is 10.3. The van der Waals surface area contributed by atoms with Gasteiger partial charge in [-0.2, -0.15) is 4.31 Å². The van der Waals surface area contributed by atoms with Gasteiger partial charge in [0.25, 0.3) is 5.91 Å². The first-order valence-corrected chi connectivity index (χ1v) is 14.4. The minimum absolute atomic E-state index is 0.0795. The maximum Gasteiger partial charge on any atom is 0.325 e. The smallest absolute Gasteiger partial charge is 0.325 e. The maximum atomic E-state index is 13.5. The lowest BCUT2D eigenvalue weighted by atomic mass is 9.85. The van der Waals surface area contributed by atoms with Crippen LogP contribution in [0.2, 0.25) is 0 Å². The molecule has 0 bridgehead atoms. The highest BCUT2D eigenvalue weighted by molar-refractivity contribution is 7.89. The Morgan fingerprint density at radius 2 is 1.69 bits per heavy atom. The number of carbonyl (C=O) groups is 3. The van der Waals surface area contributed by atoms with E-state index in [-0.39, 0.29) is 30.2 Å². The molecule has 3 atom stereocenters. The van der Waals surface area contributed by atoms with Gasteiger partial charge in [-0.1, -0.05) is 31.9 Å². The van der Waals surface area contributed by atoms with Crippen LogP contribution >= 0.6 is 0 Å². The fourth-order valence-corrected chi connectivity index (χ4v) is 6.58. The quantitative estimate of drug-likeness (QED) is 0.454. The molecule has 2 aliphatic rings. The van der Waals surface area contributed by atoms with Gasteiger partial charge in [-0.15, -0.1) is 0 Å². The number of carbonyl (C=O) groups excluding carboxylic acids is 3. The number of sulfonamides is 1. The molecule has 210 valence electrons. The average molecular weight is 561 g/mol. The van der Waals surface area contributed by atoms with Gasteiger partial charge in [-0.25, -0.2) is 17.6 Å². The molecular weight excluding hydrogens is 527 g/mol. The topological polar surface area (TPSA) is 125 Å². The predicted molar refractivity (Wildman–Crippen MR) is 142 cm³/mol. The van der Waals surface area contributed by atoms with Crippen molar-refractivity contribution in [2.24, 2.45) is 0 Å². The number of nitrogens with one attached hydrogen (secondary N) is 2. The Balaban J connectivity index is 1.45. The normalized spacial score (nSPS) is 24.1. The summed E-state index contributed by atoms with van der Waals surface area (Å²) in [5, 5.41) is 5.33. The predicted octanol–water partition coefficient (Wildman–Crippen LogP) is 3.20. The fraction of sp³-hybridized carbons (Fsp3) is 0.444. The van der Waals surface area contributed by atoms with E-state index in [9.17, 15) is 27.2 Å². The molecule has 0 saturated carbocycles. The number of ether oxygens (including phenoxy) is 1. The third-order valence-electron chi connectivity index (χ3n) is 6.88. The lowest BCUT2D eigenvalue weighted by Gasteiger charge is -2.34. The molecule has 2 heterocycles. The highest BCUT2D eigenvalue weighted by Crippen LogP contribution is 2.34. The Morgan fingerprint density at radius 1 is 1.08 bits per heavy atom. The summed E-state index contributed by atoms with van der Waals surface area (Å²) in [5.74, 6) is -1.68. The first-order chi connectivity index (χ1) is 18.5. The third kappa shape index (κ3) is 5.97. The molecule has 0 unspecified atom stereocenters. The molecule has 4 rings (SSSR count). The van der Waals surface area contributed by atoms with Crippen LogP contribution in [0.25, 0.3) is 0 Å². The van der Waals surface area contributed by atoms with Crippen LogP contribution in [-0.4, -0.2) is 67.3 Å². The molecule has 2 N–H and O–H groups in total. The molecule has 12 heteroatoms. The zero-order valence-corrected chi connectivity index (χ0v) is 23.0. The van der Waals surface area contributed by atoms with Gasteiger partial charge >= 0.3 is 6.03 Å². The number of urea groups is 1. The van der Waals surface area contributed by atoms with Crippen LogP contribution in [0.3, 0.4) is 0 Å². The Kier molecular flexibility index (Phi) is 8.38. The number of hydrogen-bond acceptors (Lipinski definition) is 6. The first kappa shape index (κ1) is 28.7. The van der Waals surface area contributed by atoms with Crippen molar-refractivity contribution in [1.82, 2.24) is 14.5 Å². The van der Waals surface area contributed by atoms with Gasteiger partial charge in [-0.3, -0.25) is 14.5 Å². The summed E-state index contributed by atoms with van der Waals surface area (Å²) >= 11 is 0. The SMILES string of the molecule is CCCC[C@@]1(c2ccc(F)cc2)NC(=O)N(CC(=O)Nc2ccc(S(=O)(=O)N3C[C@@H](C)O[C@H](C)C3)cc2)C1=O. The van der Waals surface area contributed by atoms with Gasteiger partial charge in [0.1, 0.15) is 17.9 Å². The zero-order chi connectivity index (χ0) is 28.4. The molecule has 2 aromatic carbocycles. The van der Waals surface area contributed by atoms with Crippen molar-refractivity contribution in [2.75, 3.05) is 25.0 Å². The highest BCUT2D eigenvalue weighted by atomic mass is 32.2. The number of rotatable bonds is 9. The van der Waals surface area contributed by atoms with Gasteiger partial charge in [0, 0.05) is 18.8 Å². The van der Waals surface area contributed by atoms with E-state index in [2.05, 4.69) is 10.6 Å². The minimum atomic E-state index is -3.74. The van der Waals surface area contributed by atoms with E-state index in [0.717, 1.165) is 11.3 Å². The number of unbranched alkanes of at least 4 members (excludes halogenated alkanes) is 1. The van der Waals surface area contributed by atoms with E-state index in [1.165, 1.54) is 52.8 Å². The number of amides is 4. The number of morpholine rings is 1. The Labute approximate surface area is 227 Å². The van der Waals surface area contributed by atoms with Crippen molar-refractivity contribution in [3.05, 3.63) is 59.9 Å². The second kappa shape index (κ2) is 11.4. The molecule has 39 heavy (non-hydrogen) atoms. The van der Waals surface area contributed by atoms with Crippen LogP contribution in [0.1, 0.15) is 45.6 Å². The second-order valence-electron chi connectivity index (χ2n) is 9.99. The molecule has 2 aliphatic heterocycles. The summed E-state index contributed by atoms with van der Waals surface area (Å²) in [4.78, 5) is 40.0. The minimum Gasteiger partial charge on any atom is -0.373 e. The van der Waals surface area contributed by atoms with Crippen LogP contribution in [0.15, 0.2) is 53.4 Å². The van der Waals surface area contributed by atoms with Gasteiger partial charge in [0.05, 0.1) is 17.1 Å². The summed E-state index contributed by atoms with van der Waals surface area (Å²) < 4.78 is 46.6. The molecule has 10 nitrogen and oxygen atoms in total. The number of benzene rings is 2. The first-order valence-electron chi connectivity index (χ1n) is 12.9. The van der Waals surface area contributed by atoms with Gasteiger partial charge < -0.3 is 15.4 Å². The maximum absolute atomic E-state index is 13.5. The number of hydrogen-bond donors (Lipinski definition) is 2. The molecule has 2 fully saturated rings. The average Bonchev–Trinajstić information content (AvgIpc) is 3.12. The van der Waals surface area contributed by atoms with Crippen LogP contribution in [0.5, 0.6) is 0 Å². The Hall–Kier alpha value is -3.35. The number of imide groups is 1. The molecule has 0 spiro atoms. The van der Waals surface area contributed by atoms with Crippen molar-refractivity contribution >= 4 is 33.6 Å². The molecule has 2 saturated heterocycles.